The SMILES string of the molecule is COC(=O)C[C@@H]1C[C@@H](Cc2ccc(-c3ccc(C(=N)N)cc3)cc2)C(=O)N1. The second-order valence-electron chi connectivity index (χ2n) is 6.81. The lowest BCUT2D eigenvalue weighted by Crippen LogP contribution is -2.28. The zero-order chi connectivity index (χ0) is 19.4. The molecular formula is C21H23N3O3. The molecule has 1 aliphatic heterocycles. The maximum Gasteiger partial charge on any atom is 0.307 e. The van der Waals surface area contributed by atoms with Crippen LogP contribution in [-0.4, -0.2) is 30.9 Å². The molecule has 0 bridgehead atoms. The first kappa shape index (κ1) is 18.6. The number of carbonyl (C=O) groups is 2. The van der Waals surface area contributed by atoms with Crippen molar-refractivity contribution in [1.82, 2.24) is 5.32 Å². The molecule has 6 nitrogen and oxygen atoms in total. The highest BCUT2D eigenvalue weighted by Gasteiger charge is 2.33. The van der Waals surface area contributed by atoms with Crippen molar-refractivity contribution in [1.29, 1.82) is 5.41 Å². The van der Waals surface area contributed by atoms with Gasteiger partial charge in [0.1, 0.15) is 5.84 Å². The van der Waals surface area contributed by atoms with Crippen LogP contribution in [0.3, 0.4) is 0 Å². The Kier molecular flexibility index (Phi) is 5.54. The fourth-order valence-corrected chi connectivity index (χ4v) is 3.38. The van der Waals surface area contributed by atoms with Crippen LogP contribution in [0.1, 0.15) is 24.0 Å². The van der Waals surface area contributed by atoms with Crippen LogP contribution < -0.4 is 11.1 Å². The minimum atomic E-state index is -0.305. The molecule has 27 heavy (non-hydrogen) atoms. The number of hydrogen-bond acceptors (Lipinski definition) is 4. The number of benzene rings is 2. The summed E-state index contributed by atoms with van der Waals surface area (Å²) in [6.07, 6.45) is 1.50. The monoisotopic (exact) mass is 365 g/mol. The summed E-state index contributed by atoms with van der Waals surface area (Å²) >= 11 is 0. The lowest BCUT2D eigenvalue weighted by molar-refractivity contribution is -0.141. The quantitative estimate of drug-likeness (QED) is 0.415. The molecule has 1 fully saturated rings. The van der Waals surface area contributed by atoms with E-state index >= 15 is 0 Å². The normalized spacial score (nSPS) is 18.8. The van der Waals surface area contributed by atoms with Crippen LogP contribution in [0.15, 0.2) is 48.5 Å². The lowest BCUT2D eigenvalue weighted by Gasteiger charge is -2.09. The first-order valence-electron chi connectivity index (χ1n) is 8.87. The minimum absolute atomic E-state index is 0.00667. The predicted octanol–water partition coefficient (Wildman–Crippen LogP) is 2.25. The standard InChI is InChI=1S/C21H23N3O3/c1-27-19(25)12-18-11-17(21(26)24-18)10-13-2-4-14(5-3-13)15-6-8-16(9-7-15)20(22)23/h2-9,17-18H,10-12H2,1H3,(H3,22,23)(H,24,26)/t17-,18+/m1/s1. The third-order valence-corrected chi connectivity index (χ3v) is 4.89. The van der Waals surface area contributed by atoms with E-state index in [4.69, 9.17) is 11.1 Å². The van der Waals surface area contributed by atoms with Gasteiger partial charge in [0, 0.05) is 17.5 Å². The molecule has 1 saturated heterocycles. The van der Waals surface area contributed by atoms with Crippen LogP contribution in [0, 0.1) is 11.3 Å². The Morgan fingerprint density at radius 2 is 1.74 bits per heavy atom. The Balaban J connectivity index is 1.63. The first-order valence-corrected chi connectivity index (χ1v) is 8.87. The number of rotatable bonds is 6. The second kappa shape index (κ2) is 8.03. The molecule has 1 aliphatic rings. The number of nitrogen functional groups attached to an aromatic ring is 1. The number of esters is 1. The molecule has 2 aromatic rings. The molecule has 2 aromatic carbocycles. The third-order valence-electron chi connectivity index (χ3n) is 4.89. The highest BCUT2D eigenvalue weighted by Crippen LogP contribution is 2.25. The molecule has 0 unspecified atom stereocenters. The molecule has 0 spiro atoms. The first-order chi connectivity index (χ1) is 13.0. The highest BCUT2D eigenvalue weighted by molar-refractivity contribution is 5.95. The van der Waals surface area contributed by atoms with E-state index in [1.807, 2.05) is 48.5 Å². The fourth-order valence-electron chi connectivity index (χ4n) is 3.38. The van der Waals surface area contributed by atoms with Gasteiger partial charge in [0.2, 0.25) is 5.91 Å². The van der Waals surface area contributed by atoms with E-state index in [1.165, 1.54) is 7.11 Å². The van der Waals surface area contributed by atoms with Crippen LogP contribution in [0.4, 0.5) is 0 Å². The summed E-state index contributed by atoms with van der Waals surface area (Å²) in [4.78, 5) is 23.5. The summed E-state index contributed by atoms with van der Waals surface area (Å²) in [5.74, 6) is -0.383. The van der Waals surface area contributed by atoms with Gasteiger partial charge in [0.25, 0.3) is 0 Å². The number of hydrogen-bond donors (Lipinski definition) is 3. The predicted molar refractivity (Wildman–Crippen MR) is 103 cm³/mol. The number of methoxy groups -OCH3 is 1. The summed E-state index contributed by atoms with van der Waals surface area (Å²) in [5.41, 5.74) is 9.37. The smallest absolute Gasteiger partial charge is 0.307 e. The van der Waals surface area contributed by atoms with E-state index in [9.17, 15) is 9.59 Å². The largest absolute Gasteiger partial charge is 0.469 e. The number of nitrogens with one attached hydrogen (secondary N) is 2. The summed E-state index contributed by atoms with van der Waals surface area (Å²) in [6.45, 7) is 0. The van der Waals surface area contributed by atoms with Gasteiger partial charge in [0.05, 0.1) is 13.5 Å². The molecule has 0 radical (unpaired) electrons. The Hall–Kier alpha value is -3.15. The Morgan fingerprint density at radius 1 is 1.15 bits per heavy atom. The summed E-state index contributed by atoms with van der Waals surface area (Å²) < 4.78 is 4.67. The molecule has 2 atom stereocenters. The Labute approximate surface area is 158 Å². The van der Waals surface area contributed by atoms with Gasteiger partial charge < -0.3 is 15.8 Å². The number of amidine groups is 1. The van der Waals surface area contributed by atoms with Gasteiger partial charge in [-0.2, -0.15) is 0 Å². The van der Waals surface area contributed by atoms with Crippen LogP contribution in [0.2, 0.25) is 0 Å². The molecule has 140 valence electrons. The number of nitrogens with two attached hydrogens (primary N) is 1. The number of carbonyl (C=O) groups excluding carboxylic acids is 2. The fraction of sp³-hybridized carbons (Fsp3) is 0.286. The van der Waals surface area contributed by atoms with Gasteiger partial charge in [-0.25, -0.2) is 0 Å². The van der Waals surface area contributed by atoms with Crippen LogP contribution >= 0.6 is 0 Å². The van der Waals surface area contributed by atoms with Crippen LogP contribution in [-0.2, 0) is 20.7 Å². The zero-order valence-electron chi connectivity index (χ0n) is 15.2. The average molecular weight is 365 g/mol. The van der Waals surface area contributed by atoms with Crippen molar-refractivity contribution in [2.45, 2.75) is 25.3 Å². The maximum atomic E-state index is 12.1. The van der Waals surface area contributed by atoms with Gasteiger partial charge in [-0.05, 0) is 29.5 Å². The van der Waals surface area contributed by atoms with E-state index in [0.717, 1.165) is 16.7 Å². The van der Waals surface area contributed by atoms with Gasteiger partial charge in [-0.15, -0.1) is 0 Å². The second-order valence-corrected chi connectivity index (χ2v) is 6.81. The Bertz CT molecular complexity index is 844. The van der Waals surface area contributed by atoms with E-state index in [-0.39, 0.29) is 36.1 Å². The molecular weight excluding hydrogens is 342 g/mol. The summed E-state index contributed by atoms with van der Waals surface area (Å²) in [6, 6.07) is 15.5. The molecule has 0 aliphatic carbocycles. The molecule has 1 amide bonds. The van der Waals surface area contributed by atoms with E-state index in [1.54, 1.807) is 0 Å². The molecule has 3 rings (SSSR count). The van der Waals surface area contributed by atoms with Crippen molar-refractivity contribution in [2.24, 2.45) is 11.7 Å². The average Bonchev–Trinajstić information content (AvgIpc) is 3.01. The number of amides is 1. The third kappa shape index (κ3) is 4.53. The molecule has 6 heteroatoms. The topological polar surface area (TPSA) is 105 Å². The van der Waals surface area contributed by atoms with E-state index in [0.29, 0.717) is 18.4 Å². The Morgan fingerprint density at radius 3 is 2.30 bits per heavy atom. The van der Waals surface area contributed by atoms with Crippen molar-refractivity contribution in [3.05, 3.63) is 59.7 Å². The van der Waals surface area contributed by atoms with Crippen molar-refractivity contribution >= 4 is 17.7 Å². The van der Waals surface area contributed by atoms with Crippen LogP contribution in [0.25, 0.3) is 11.1 Å². The van der Waals surface area contributed by atoms with Crippen molar-refractivity contribution < 1.29 is 14.3 Å². The number of ether oxygens (including phenoxy) is 1. The van der Waals surface area contributed by atoms with Gasteiger partial charge in [0.15, 0.2) is 0 Å². The van der Waals surface area contributed by atoms with E-state index < -0.39 is 0 Å². The summed E-state index contributed by atoms with van der Waals surface area (Å²) in [7, 11) is 1.35. The molecule has 4 N–H and O–H groups in total. The molecule has 1 heterocycles. The van der Waals surface area contributed by atoms with Crippen molar-refractivity contribution in [3.63, 3.8) is 0 Å². The van der Waals surface area contributed by atoms with E-state index in [2.05, 4.69) is 10.1 Å². The maximum absolute atomic E-state index is 12.1. The lowest BCUT2D eigenvalue weighted by atomic mass is 9.94. The van der Waals surface area contributed by atoms with Gasteiger partial charge >= 0.3 is 5.97 Å². The minimum Gasteiger partial charge on any atom is -0.469 e. The van der Waals surface area contributed by atoms with Gasteiger partial charge in [-0.3, -0.25) is 15.0 Å². The van der Waals surface area contributed by atoms with Gasteiger partial charge in [-0.1, -0.05) is 48.5 Å². The zero-order valence-corrected chi connectivity index (χ0v) is 15.2. The molecule has 0 aromatic heterocycles. The highest BCUT2D eigenvalue weighted by atomic mass is 16.5. The summed E-state index contributed by atoms with van der Waals surface area (Å²) in [5, 5.41) is 10.3. The molecule has 0 saturated carbocycles. The van der Waals surface area contributed by atoms with Crippen LogP contribution in [0.5, 0.6) is 0 Å². The van der Waals surface area contributed by atoms with Crippen molar-refractivity contribution in [3.8, 4) is 11.1 Å². The van der Waals surface area contributed by atoms with Crippen molar-refractivity contribution in [2.75, 3.05) is 7.11 Å².